The van der Waals surface area contributed by atoms with Gasteiger partial charge in [0.1, 0.15) is 6.29 Å². The van der Waals surface area contributed by atoms with E-state index in [1.165, 1.54) is 13.0 Å². The lowest BCUT2D eigenvalue weighted by Crippen LogP contribution is -2.38. The number of halogens is 8. The molecule has 1 heterocycles. The molecule has 3 rings (SSSR count). The van der Waals surface area contributed by atoms with Crippen molar-refractivity contribution >= 4 is 6.29 Å². The van der Waals surface area contributed by atoms with Crippen molar-refractivity contribution in [1.29, 1.82) is 0 Å². The molecular formula is C22H18F8O3. The first-order valence-electron chi connectivity index (χ1n) is 9.78. The van der Waals surface area contributed by atoms with Crippen molar-refractivity contribution in [3.8, 4) is 0 Å². The Labute approximate surface area is 183 Å². The van der Waals surface area contributed by atoms with E-state index < -0.39 is 64.9 Å². The lowest BCUT2D eigenvalue weighted by Gasteiger charge is -2.37. The number of alkyl halides is 6. The van der Waals surface area contributed by atoms with Crippen LogP contribution in [0.2, 0.25) is 0 Å². The molecule has 1 fully saturated rings. The topological polar surface area (TPSA) is 35.5 Å². The van der Waals surface area contributed by atoms with Gasteiger partial charge in [0.15, 0.2) is 17.9 Å². The third kappa shape index (κ3) is 5.70. The van der Waals surface area contributed by atoms with E-state index >= 15 is 0 Å². The van der Waals surface area contributed by atoms with Crippen molar-refractivity contribution in [2.45, 2.75) is 44.0 Å². The number of carbonyl (C=O) groups excluding carboxylic acids is 1. The molecule has 1 aliphatic rings. The highest BCUT2D eigenvalue weighted by Crippen LogP contribution is 2.41. The summed E-state index contributed by atoms with van der Waals surface area (Å²) in [5, 5.41) is 0. The Hall–Kier alpha value is -2.53. The maximum absolute atomic E-state index is 13.8. The van der Waals surface area contributed by atoms with E-state index in [0.29, 0.717) is 18.4 Å². The van der Waals surface area contributed by atoms with Gasteiger partial charge < -0.3 is 14.3 Å². The Morgan fingerprint density at radius 3 is 2.09 bits per heavy atom. The van der Waals surface area contributed by atoms with Crippen LogP contribution in [0.5, 0.6) is 0 Å². The van der Waals surface area contributed by atoms with E-state index in [2.05, 4.69) is 0 Å². The highest BCUT2D eigenvalue weighted by molar-refractivity contribution is 5.56. The molecule has 0 spiro atoms. The second-order valence-corrected chi connectivity index (χ2v) is 7.64. The van der Waals surface area contributed by atoms with E-state index in [0.717, 1.165) is 12.1 Å². The molecule has 2 aromatic rings. The predicted octanol–water partition coefficient (Wildman–Crippen LogP) is 6.43. The standard InChI is InChI=1S/C22H18F8O3/c1-11(14-6-15(21(25,26)27)9-16(7-14)22(28,29)30)33-20-19(13(10-31)4-5-32-20)12-2-3-17(23)18(24)8-12/h2-3,6-11,13,19-20H,4-5H2,1H3/t11?,13-,19-,20-/m1/s1. The summed E-state index contributed by atoms with van der Waals surface area (Å²) in [5.41, 5.74) is -3.29. The Morgan fingerprint density at radius 2 is 1.58 bits per heavy atom. The number of hydrogen-bond acceptors (Lipinski definition) is 3. The van der Waals surface area contributed by atoms with Gasteiger partial charge in [0.25, 0.3) is 0 Å². The van der Waals surface area contributed by atoms with Gasteiger partial charge in [-0.05, 0) is 54.8 Å². The van der Waals surface area contributed by atoms with Crippen molar-refractivity contribution in [2.24, 2.45) is 5.92 Å². The third-order valence-electron chi connectivity index (χ3n) is 5.41. The van der Waals surface area contributed by atoms with E-state index in [9.17, 15) is 39.9 Å². The highest BCUT2D eigenvalue weighted by Gasteiger charge is 2.40. The molecule has 2 aromatic carbocycles. The number of hydrogen-bond donors (Lipinski definition) is 0. The van der Waals surface area contributed by atoms with Crippen LogP contribution in [0.3, 0.4) is 0 Å². The van der Waals surface area contributed by atoms with Crippen LogP contribution in [0.4, 0.5) is 35.1 Å². The number of ether oxygens (including phenoxy) is 2. The Balaban J connectivity index is 1.96. The molecule has 0 aromatic heterocycles. The number of benzene rings is 2. The molecule has 1 saturated heterocycles. The molecule has 0 amide bonds. The minimum Gasteiger partial charge on any atom is -0.352 e. The van der Waals surface area contributed by atoms with E-state index in [1.807, 2.05) is 0 Å². The normalized spacial score (nSPS) is 22.8. The van der Waals surface area contributed by atoms with Gasteiger partial charge in [0.2, 0.25) is 0 Å². The summed E-state index contributed by atoms with van der Waals surface area (Å²) in [6.07, 6.45) is -11.9. The second-order valence-electron chi connectivity index (χ2n) is 7.64. The fraction of sp³-hybridized carbons (Fsp3) is 0.409. The fourth-order valence-corrected chi connectivity index (χ4v) is 3.70. The average Bonchev–Trinajstić information content (AvgIpc) is 2.74. The molecule has 0 aliphatic carbocycles. The minimum absolute atomic E-state index is 0.000153. The molecule has 180 valence electrons. The fourth-order valence-electron chi connectivity index (χ4n) is 3.70. The van der Waals surface area contributed by atoms with E-state index in [4.69, 9.17) is 9.47 Å². The first-order chi connectivity index (χ1) is 15.3. The van der Waals surface area contributed by atoms with Gasteiger partial charge in [-0.3, -0.25) is 0 Å². The zero-order chi connectivity index (χ0) is 24.6. The quantitative estimate of drug-likeness (QED) is 0.364. The second kappa shape index (κ2) is 9.38. The van der Waals surface area contributed by atoms with Crippen LogP contribution >= 0.6 is 0 Å². The van der Waals surface area contributed by atoms with Crippen molar-refractivity contribution in [3.05, 3.63) is 70.3 Å². The van der Waals surface area contributed by atoms with Crippen molar-refractivity contribution < 1.29 is 49.4 Å². The van der Waals surface area contributed by atoms with Crippen LogP contribution < -0.4 is 0 Å². The SMILES string of the molecule is CC(O[C@H]1OCC[C@H](C=O)[C@H]1c1ccc(F)c(F)c1)c1cc(C(F)(F)F)cc(C(F)(F)F)c1. The average molecular weight is 482 g/mol. The monoisotopic (exact) mass is 482 g/mol. The molecule has 0 bridgehead atoms. The van der Waals surface area contributed by atoms with Crippen LogP contribution in [0.25, 0.3) is 0 Å². The molecule has 11 heteroatoms. The third-order valence-corrected chi connectivity index (χ3v) is 5.41. The van der Waals surface area contributed by atoms with Gasteiger partial charge >= 0.3 is 12.4 Å². The maximum atomic E-state index is 13.8. The van der Waals surface area contributed by atoms with Crippen LogP contribution in [0.15, 0.2) is 36.4 Å². The van der Waals surface area contributed by atoms with Gasteiger partial charge in [0.05, 0.1) is 23.8 Å². The van der Waals surface area contributed by atoms with Gasteiger partial charge in [-0.2, -0.15) is 26.3 Å². The van der Waals surface area contributed by atoms with E-state index in [1.54, 1.807) is 0 Å². The number of aldehydes is 1. The predicted molar refractivity (Wildman–Crippen MR) is 99.0 cm³/mol. The first kappa shape index (κ1) is 25.1. The zero-order valence-corrected chi connectivity index (χ0v) is 17.0. The van der Waals surface area contributed by atoms with Crippen molar-refractivity contribution in [3.63, 3.8) is 0 Å². The zero-order valence-electron chi connectivity index (χ0n) is 17.0. The Morgan fingerprint density at radius 1 is 0.970 bits per heavy atom. The minimum atomic E-state index is -5.03. The number of carbonyl (C=O) groups is 1. The lowest BCUT2D eigenvalue weighted by atomic mass is 9.82. The molecule has 0 N–H and O–H groups in total. The van der Waals surface area contributed by atoms with Crippen LogP contribution in [-0.2, 0) is 26.6 Å². The van der Waals surface area contributed by atoms with E-state index in [-0.39, 0.29) is 24.7 Å². The van der Waals surface area contributed by atoms with Gasteiger partial charge in [-0.15, -0.1) is 0 Å². The summed E-state index contributed by atoms with van der Waals surface area (Å²) in [4.78, 5) is 11.6. The largest absolute Gasteiger partial charge is 0.416 e. The Bertz CT molecular complexity index is 970. The molecule has 4 atom stereocenters. The summed E-state index contributed by atoms with van der Waals surface area (Å²) in [5.74, 6) is -4.04. The summed E-state index contributed by atoms with van der Waals surface area (Å²) >= 11 is 0. The van der Waals surface area contributed by atoms with Crippen LogP contribution in [0, 0.1) is 17.6 Å². The molecule has 0 radical (unpaired) electrons. The first-order valence-corrected chi connectivity index (χ1v) is 9.78. The summed E-state index contributed by atoms with van der Waals surface area (Å²) in [7, 11) is 0. The lowest BCUT2D eigenvalue weighted by molar-refractivity contribution is -0.207. The molecule has 33 heavy (non-hydrogen) atoms. The molecule has 1 aliphatic heterocycles. The Kier molecular flexibility index (Phi) is 7.13. The van der Waals surface area contributed by atoms with Gasteiger partial charge in [0, 0.05) is 11.8 Å². The van der Waals surface area contributed by atoms with Crippen molar-refractivity contribution in [2.75, 3.05) is 6.61 Å². The summed E-state index contributed by atoms with van der Waals surface area (Å²) in [6, 6.07) is 3.96. The van der Waals surface area contributed by atoms with Crippen molar-refractivity contribution in [1.82, 2.24) is 0 Å². The summed E-state index contributed by atoms with van der Waals surface area (Å²) in [6.45, 7) is 1.24. The molecule has 0 saturated carbocycles. The number of rotatable bonds is 5. The van der Waals surface area contributed by atoms with Gasteiger partial charge in [-0.25, -0.2) is 8.78 Å². The van der Waals surface area contributed by atoms with Crippen LogP contribution in [0.1, 0.15) is 47.6 Å². The molecule has 1 unspecified atom stereocenters. The molecule has 3 nitrogen and oxygen atoms in total. The molecular weight excluding hydrogens is 464 g/mol. The van der Waals surface area contributed by atoms with Gasteiger partial charge in [-0.1, -0.05) is 6.07 Å². The maximum Gasteiger partial charge on any atom is 0.416 e. The smallest absolute Gasteiger partial charge is 0.352 e. The highest BCUT2D eigenvalue weighted by atomic mass is 19.4. The summed E-state index contributed by atoms with van der Waals surface area (Å²) < 4.78 is 117. The van der Waals surface area contributed by atoms with Crippen LogP contribution in [-0.4, -0.2) is 19.2 Å².